The predicted octanol–water partition coefficient (Wildman–Crippen LogP) is 0.356. The zero-order chi connectivity index (χ0) is 8.10. The molecule has 2 unspecified atom stereocenters. The molecular formula is C8H18O2Si. The zero-order valence-electron chi connectivity index (χ0n) is 7.51. The Kier molecular flexibility index (Phi) is 4.11. The third kappa shape index (κ3) is 5.41. The van der Waals surface area contributed by atoms with Crippen molar-refractivity contribution < 1.29 is 9.47 Å². The van der Waals surface area contributed by atoms with Gasteiger partial charge in [-0.15, -0.1) is 0 Å². The van der Waals surface area contributed by atoms with Crippen molar-refractivity contribution in [2.45, 2.75) is 31.4 Å². The van der Waals surface area contributed by atoms with Crippen molar-refractivity contribution in [3.05, 3.63) is 0 Å². The van der Waals surface area contributed by atoms with Gasteiger partial charge in [-0.25, -0.2) is 0 Å². The van der Waals surface area contributed by atoms with Crippen molar-refractivity contribution in [1.29, 1.82) is 0 Å². The minimum absolute atomic E-state index is 0.434. The standard InChI is InChI=1S/C8H18O2Si/c1-7(11)3-2-4-9-5-8-6-10-8/h7-8H,2-6H2,1,11H3. The van der Waals surface area contributed by atoms with Gasteiger partial charge in [0.15, 0.2) is 0 Å². The van der Waals surface area contributed by atoms with Crippen LogP contribution in [-0.2, 0) is 9.47 Å². The van der Waals surface area contributed by atoms with E-state index >= 15 is 0 Å². The Hall–Kier alpha value is 0.137. The first-order valence-electron chi connectivity index (χ1n) is 4.48. The number of epoxide rings is 1. The molecule has 11 heavy (non-hydrogen) atoms. The maximum absolute atomic E-state index is 5.40. The van der Waals surface area contributed by atoms with Crippen molar-refractivity contribution in [2.24, 2.45) is 0 Å². The number of ether oxygens (including phenoxy) is 2. The lowest BCUT2D eigenvalue weighted by atomic mass is 10.2. The number of rotatable bonds is 6. The summed E-state index contributed by atoms with van der Waals surface area (Å²) < 4.78 is 10.4. The SMILES string of the molecule is CC([SiH3])CCCOCC1CO1. The van der Waals surface area contributed by atoms with Gasteiger partial charge in [0, 0.05) is 16.8 Å². The van der Waals surface area contributed by atoms with E-state index in [-0.39, 0.29) is 0 Å². The van der Waals surface area contributed by atoms with Crippen LogP contribution < -0.4 is 0 Å². The zero-order valence-corrected chi connectivity index (χ0v) is 9.51. The van der Waals surface area contributed by atoms with Crippen LogP contribution in [0.4, 0.5) is 0 Å². The summed E-state index contributed by atoms with van der Waals surface area (Å²) in [6, 6.07) is 0. The summed E-state index contributed by atoms with van der Waals surface area (Å²) in [6.07, 6.45) is 2.98. The fraction of sp³-hybridized carbons (Fsp3) is 1.00. The van der Waals surface area contributed by atoms with Gasteiger partial charge in [0.1, 0.15) is 6.10 Å². The number of hydrogen-bond acceptors (Lipinski definition) is 2. The van der Waals surface area contributed by atoms with Crippen molar-refractivity contribution >= 4 is 10.2 Å². The van der Waals surface area contributed by atoms with Crippen LogP contribution in [0.1, 0.15) is 19.8 Å². The Labute approximate surface area is 71.7 Å². The summed E-state index contributed by atoms with van der Waals surface area (Å²) in [4.78, 5) is 0. The third-order valence-corrected chi connectivity index (χ3v) is 2.35. The highest BCUT2D eigenvalue weighted by molar-refractivity contribution is 6.11. The monoisotopic (exact) mass is 174 g/mol. The second kappa shape index (κ2) is 4.90. The molecule has 1 rings (SSSR count). The van der Waals surface area contributed by atoms with E-state index in [0.717, 1.165) is 25.4 Å². The summed E-state index contributed by atoms with van der Waals surface area (Å²) in [5, 5.41) is 0. The van der Waals surface area contributed by atoms with E-state index < -0.39 is 0 Å². The highest BCUT2D eigenvalue weighted by Crippen LogP contribution is 2.10. The maximum atomic E-state index is 5.40. The summed E-state index contributed by atoms with van der Waals surface area (Å²) in [5.41, 5.74) is 0.941. The van der Waals surface area contributed by atoms with Gasteiger partial charge in [-0.05, 0) is 6.42 Å². The third-order valence-electron chi connectivity index (χ3n) is 1.78. The number of hydrogen-bond donors (Lipinski definition) is 0. The van der Waals surface area contributed by atoms with E-state index in [9.17, 15) is 0 Å². The van der Waals surface area contributed by atoms with E-state index in [4.69, 9.17) is 9.47 Å². The van der Waals surface area contributed by atoms with Crippen LogP contribution in [0, 0.1) is 0 Å². The normalized spacial score (nSPS) is 25.4. The molecule has 0 spiro atoms. The molecule has 0 amide bonds. The Bertz CT molecular complexity index is 98.3. The molecule has 1 aliphatic rings. The second-order valence-corrected chi connectivity index (χ2v) is 5.54. The molecule has 0 radical (unpaired) electrons. The molecule has 1 saturated heterocycles. The summed E-state index contributed by atoms with van der Waals surface area (Å²) >= 11 is 0. The summed E-state index contributed by atoms with van der Waals surface area (Å²) in [6.45, 7) is 4.95. The summed E-state index contributed by atoms with van der Waals surface area (Å²) in [5.74, 6) is 0. The van der Waals surface area contributed by atoms with Crippen LogP contribution in [-0.4, -0.2) is 36.2 Å². The molecule has 0 bridgehead atoms. The fourth-order valence-electron chi connectivity index (χ4n) is 0.973. The second-order valence-electron chi connectivity index (χ2n) is 3.57. The van der Waals surface area contributed by atoms with Crippen LogP contribution >= 0.6 is 0 Å². The maximum Gasteiger partial charge on any atom is 0.104 e. The molecular weight excluding hydrogens is 156 g/mol. The quantitative estimate of drug-likeness (QED) is 0.329. The first-order chi connectivity index (χ1) is 5.29. The van der Waals surface area contributed by atoms with E-state index in [2.05, 4.69) is 6.92 Å². The van der Waals surface area contributed by atoms with Crippen LogP contribution in [0.25, 0.3) is 0 Å². The molecule has 66 valence electrons. The summed E-state index contributed by atoms with van der Waals surface area (Å²) in [7, 11) is 1.32. The Morgan fingerprint density at radius 1 is 1.73 bits per heavy atom. The fourth-order valence-corrected chi connectivity index (χ4v) is 1.38. The van der Waals surface area contributed by atoms with Gasteiger partial charge in [0.2, 0.25) is 0 Å². The van der Waals surface area contributed by atoms with Gasteiger partial charge >= 0.3 is 0 Å². The Morgan fingerprint density at radius 3 is 3.00 bits per heavy atom. The first kappa shape index (κ1) is 9.23. The lowest BCUT2D eigenvalue weighted by Gasteiger charge is -2.04. The van der Waals surface area contributed by atoms with E-state index in [1.807, 2.05) is 0 Å². The minimum atomic E-state index is 0.434. The molecule has 0 aromatic rings. The van der Waals surface area contributed by atoms with Gasteiger partial charge in [-0.1, -0.05) is 18.9 Å². The Balaban J connectivity index is 1.73. The molecule has 2 nitrogen and oxygen atoms in total. The molecule has 0 saturated carbocycles. The average Bonchev–Trinajstić information content (AvgIpc) is 2.70. The largest absolute Gasteiger partial charge is 0.379 e. The topological polar surface area (TPSA) is 21.8 Å². The smallest absolute Gasteiger partial charge is 0.104 e. The lowest BCUT2D eigenvalue weighted by molar-refractivity contribution is 0.113. The molecule has 1 aliphatic heterocycles. The molecule has 0 N–H and O–H groups in total. The molecule has 1 fully saturated rings. The minimum Gasteiger partial charge on any atom is -0.379 e. The van der Waals surface area contributed by atoms with Gasteiger partial charge in [0.25, 0.3) is 0 Å². The van der Waals surface area contributed by atoms with Crippen molar-refractivity contribution in [2.75, 3.05) is 19.8 Å². The molecule has 1 heterocycles. The molecule has 3 heteroatoms. The molecule has 2 atom stereocenters. The van der Waals surface area contributed by atoms with Gasteiger partial charge in [0.05, 0.1) is 13.2 Å². The van der Waals surface area contributed by atoms with Gasteiger partial charge in [-0.2, -0.15) is 0 Å². The van der Waals surface area contributed by atoms with Gasteiger partial charge < -0.3 is 9.47 Å². The van der Waals surface area contributed by atoms with Crippen LogP contribution in [0.3, 0.4) is 0 Å². The highest BCUT2D eigenvalue weighted by atomic mass is 28.1. The van der Waals surface area contributed by atoms with Crippen LogP contribution in [0.2, 0.25) is 5.54 Å². The Morgan fingerprint density at radius 2 is 2.45 bits per heavy atom. The van der Waals surface area contributed by atoms with Crippen molar-refractivity contribution in [3.8, 4) is 0 Å². The predicted molar refractivity (Wildman–Crippen MR) is 49.2 cm³/mol. The molecule has 0 aromatic carbocycles. The van der Waals surface area contributed by atoms with E-state index in [0.29, 0.717) is 6.10 Å². The highest BCUT2D eigenvalue weighted by Gasteiger charge is 2.21. The average molecular weight is 174 g/mol. The van der Waals surface area contributed by atoms with Crippen LogP contribution in [0.5, 0.6) is 0 Å². The van der Waals surface area contributed by atoms with Crippen LogP contribution in [0.15, 0.2) is 0 Å². The molecule has 0 aromatic heterocycles. The van der Waals surface area contributed by atoms with Crippen molar-refractivity contribution in [1.82, 2.24) is 0 Å². The lowest BCUT2D eigenvalue weighted by Crippen LogP contribution is -2.03. The van der Waals surface area contributed by atoms with Crippen molar-refractivity contribution in [3.63, 3.8) is 0 Å². The van der Waals surface area contributed by atoms with Gasteiger partial charge in [-0.3, -0.25) is 0 Å². The van der Waals surface area contributed by atoms with E-state index in [1.54, 1.807) is 0 Å². The van der Waals surface area contributed by atoms with E-state index in [1.165, 1.54) is 23.1 Å². The first-order valence-corrected chi connectivity index (χ1v) is 5.64. The molecule has 0 aliphatic carbocycles.